The van der Waals surface area contributed by atoms with Crippen LogP contribution < -0.4 is 29.6 Å². The summed E-state index contributed by atoms with van der Waals surface area (Å²) in [6.45, 7) is 3.27. The van der Waals surface area contributed by atoms with Gasteiger partial charge in [-0.25, -0.2) is 19.1 Å². The largest absolute Gasteiger partial charge is 1.00 e. The van der Waals surface area contributed by atoms with E-state index in [1.54, 1.807) is 19.3 Å². The molecular weight excluding hydrogens is 383 g/mol. The Morgan fingerprint density at radius 2 is 1.59 bits per heavy atom. The summed E-state index contributed by atoms with van der Waals surface area (Å²) in [4.78, 5) is 26.6. The van der Waals surface area contributed by atoms with Crippen LogP contribution in [0.5, 0.6) is 0 Å². The first-order valence-corrected chi connectivity index (χ1v) is 10.6. The molecule has 0 spiro atoms. The van der Waals surface area contributed by atoms with Crippen molar-refractivity contribution in [1.29, 1.82) is 0 Å². The van der Waals surface area contributed by atoms with Crippen LogP contribution >= 0.6 is 0 Å². The van der Waals surface area contributed by atoms with Crippen LogP contribution in [0.1, 0.15) is 85.9 Å². The van der Waals surface area contributed by atoms with E-state index in [1.807, 2.05) is 0 Å². The first kappa shape index (κ1) is 28.3. The van der Waals surface area contributed by atoms with Gasteiger partial charge in [-0.2, -0.15) is 0 Å². The van der Waals surface area contributed by atoms with E-state index in [0.717, 1.165) is 18.7 Å². The zero-order valence-electron chi connectivity index (χ0n) is 19.4. The van der Waals surface area contributed by atoms with Crippen LogP contribution in [0.2, 0.25) is 0 Å². The molecule has 2 unspecified atom stereocenters. The molecule has 7 nitrogen and oxygen atoms in total. The van der Waals surface area contributed by atoms with Crippen LogP contribution in [0.25, 0.3) is 0 Å². The van der Waals surface area contributed by atoms with Gasteiger partial charge >= 0.3 is 41.5 Å². The second-order valence-corrected chi connectivity index (χ2v) is 7.56. The van der Waals surface area contributed by atoms with Crippen molar-refractivity contribution in [2.45, 2.75) is 90.7 Å². The van der Waals surface area contributed by atoms with Crippen molar-refractivity contribution >= 4 is 17.8 Å². The number of carboxylic acid groups (broad SMARTS) is 2. The van der Waals surface area contributed by atoms with Gasteiger partial charge in [-0.15, -0.1) is 0 Å². The van der Waals surface area contributed by atoms with Gasteiger partial charge in [-0.3, -0.25) is 0 Å². The van der Waals surface area contributed by atoms with Crippen LogP contribution in [0.4, 0.5) is 0 Å². The molecule has 1 aliphatic rings. The first-order valence-electron chi connectivity index (χ1n) is 10.6. The Hall–Kier alpha value is -0.730. The molecular formula is C21H38N2NaO5+. The van der Waals surface area contributed by atoms with Gasteiger partial charge in [0.25, 0.3) is 0 Å². The number of amidine groups is 1. The maximum Gasteiger partial charge on any atom is 1.00 e. The third kappa shape index (κ3) is 10.7. The number of hydrogen-bond acceptors (Lipinski definition) is 4. The van der Waals surface area contributed by atoms with Gasteiger partial charge in [-0.05, 0) is 6.42 Å². The second-order valence-electron chi connectivity index (χ2n) is 7.56. The number of ether oxygens (including phenoxy) is 1. The molecule has 1 rings (SSSR count). The molecule has 162 valence electrons. The SMILES string of the molecule is CCCCCCCCCCCCC1=NC=C[N+]1(CC(=O)O)C(C)OCC(=O)O.[H-].[Na+]. The van der Waals surface area contributed by atoms with Crippen molar-refractivity contribution in [3.63, 3.8) is 0 Å². The van der Waals surface area contributed by atoms with Crippen molar-refractivity contribution in [3.8, 4) is 0 Å². The minimum atomic E-state index is -1.07. The minimum absolute atomic E-state index is 0. The quantitative estimate of drug-likeness (QED) is 0.211. The molecule has 0 bridgehead atoms. The minimum Gasteiger partial charge on any atom is -1.00 e. The second kappa shape index (κ2) is 16.0. The number of aliphatic imine (C=N–C) groups is 1. The van der Waals surface area contributed by atoms with E-state index in [4.69, 9.17) is 9.84 Å². The molecule has 0 aliphatic carbocycles. The van der Waals surface area contributed by atoms with Crippen molar-refractivity contribution in [3.05, 3.63) is 12.4 Å². The van der Waals surface area contributed by atoms with Crippen molar-refractivity contribution in [2.75, 3.05) is 13.2 Å². The van der Waals surface area contributed by atoms with Crippen LogP contribution in [-0.4, -0.2) is 51.8 Å². The number of aliphatic carboxylic acids is 2. The zero-order valence-corrected chi connectivity index (χ0v) is 20.4. The summed E-state index contributed by atoms with van der Waals surface area (Å²) in [5.41, 5.74) is 0. The van der Waals surface area contributed by atoms with E-state index < -0.39 is 24.8 Å². The fraction of sp³-hybridized carbons (Fsp3) is 0.762. The van der Waals surface area contributed by atoms with Crippen molar-refractivity contribution < 1.29 is 60.0 Å². The summed E-state index contributed by atoms with van der Waals surface area (Å²) < 4.78 is 5.34. The molecule has 0 amide bonds. The molecule has 1 heterocycles. The molecule has 29 heavy (non-hydrogen) atoms. The summed E-state index contributed by atoms with van der Waals surface area (Å²) >= 11 is 0. The number of carboxylic acids is 2. The molecule has 0 saturated heterocycles. The topological polar surface area (TPSA) is 96.2 Å². The average Bonchev–Trinajstić information content (AvgIpc) is 3.04. The number of nitrogens with zero attached hydrogens (tertiary/aromatic N) is 2. The Balaban J connectivity index is 0. The first-order chi connectivity index (χ1) is 13.4. The number of carbonyl (C=O) groups is 2. The van der Waals surface area contributed by atoms with Gasteiger partial charge in [-0.1, -0.05) is 64.7 Å². The van der Waals surface area contributed by atoms with Gasteiger partial charge in [0, 0.05) is 13.3 Å². The molecule has 0 aromatic rings. The van der Waals surface area contributed by atoms with Gasteiger partial charge in [0.2, 0.25) is 12.1 Å². The Labute approximate surface area is 198 Å². The Kier molecular flexibility index (Phi) is 15.6. The predicted molar refractivity (Wildman–Crippen MR) is 110 cm³/mol. The third-order valence-corrected chi connectivity index (χ3v) is 5.28. The molecule has 2 atom stereocenters. The van der Waals surface area contributed by atoms with E-state index in [0.29, 0.717) is 6.42 Å². The standard InChI is InChI=1S/C21H36N2O5.Na.H/c1-3-4-5-6-7-8-9-10-11-12-13-19-22-14-15-23(19,16-20(24)25)18(2)28-17-21(26)27;;/h14-15,18H,3-13,16-17H2,1-2H3,(H-,24,25,26,27);;/q;+1;-1/p+1. The maximum atomic E-state index is 11.4. The fourth-order valence-electron chi connectivity index (χ4n) is 3.63. The molecule has 8 heteroatoms. The molecule has 0 aromatic heterocycles. The Morgan fingerprint density at radius 3 is 2.10 bits per heavy atom. The number of quaternary nitrogens is 1. The van der Waals surface area contributed by atoms with Crippen molar-refractivity contribution in [2.24, 2.45) is 4.99 Å². The van der Waals surface area contributed by atoms with Gasteiger partial charge in [0.05, 0.1) is 6.20 Å². The number of unbranched alkanes of at least 4 members (excludes halogenated alkanes) is 9. The van der Waals surface area contributed by atoms with Gasteiger partial charge in [0.15, 0.2) is 13.2 Å². The average molecular weight is 422 g/mol. The summed E-state index contributed by atoms with van der Waals surface area (Å²) in [6.07, 6.45) is 15.7. The van der Waals surface area contributed by atoms with Crippen molar-refractivity contribution in [1.82, 2.24) is 0 Å². The van der Waals surface area contributed by atoms with E-state index in [2.05, 4.69) is 11.9 Å². The zero-order chi connectivity index (χ0) is 20.8. The maximum absolute atomic E-state index is 11.4. The monoisotopic (exact) mass is 421 g/mol. The molecule has 2 N–H and O–H groups in total. The summed E-state index contributed by atoms with van der Waals surface area (Å²) in [5.74, 6) is -1.30. The Morgan fingerprint density at radius 1 is 1.03 bits per heavy atom. The van der Waals surface area contributed by atoms with Crippen LogP contribution in [0.3, 0.4) is 0 Å². The van der Waals surface area contributed by atoms with E-state index in [9.17, 15) is 14.7 Å². The van der Waals surface area contributed by atoms with E-state index in [1.165, 1.54) is 51.4 Å². The molecule has 0 fully saturated rings. The van der Waals surface area contributed by atoms with Gasteiger partial charge in [0.1, 0.15) is 6.20 Å². The smallest absolute Gasteiger partial charge is 1.00 e. The predicted octanol–water partition coefficient (Wildman–Crippen LogP) is 1.65. The normalized spacial score (nSPS) is 18.9. The number of rotatable bonds is 17. The fourth-order valence-corrected chi connectivity index (χ4v) is 3.63. The Bertz CT molecular complexity index is 560. The van der Waals surface area contributed by atoms with Gasteiger partial charge < -0.3 is 16.4 Å². The van der Waals surface area contributed by atoms with E-state index in [-0.39, 0.29) is 42.0 Å². The molecule has 1 aliphatic heterocycles. The molecule has 0 saturated carbocycles. The summed E-state index contributed by atoms with van der Waals surface area (Å²) in [6, 6.07) is 0. The number of hydrogen-bond donors (Lipinski definition) is 2. The third-order valence-electron chi connectivity index (χ3n) is 5.28. The summed E-state index contributed by atoms with van der Waals surface area (Å²) in [7, 11) is 0. The van der Waals surface area contributed by atoms with Crippen LogP contribution in [0, 0.1) is 0 Å². The van der Waals surface area contributed by atoms with E-state index >= 15 is 0 Å². The summed E-state index contributed by atoms with van der Waals surface area (Å²) in [5, 5.41) is 18.2. The van der Waals surface area contributed by atoms with Crippen LogP contribution in [0.15, 0.2) is 17.4 Å². The van der Waals surface area contributed by atoms with Crippen LogP contribution in [-0.2, 0) is 14.3 Å². The molecule has 0 aromatic carbocycles. The molecule has 0 radical (unpaired) electrons.